The van der Waals surface area contributed by atoms with Crippen LogP contribution < -0.4 is 5.32 Å². The number of halogens is 1. The summed E-state index contributed by atoms with van der Waals surface area (Å²) >= 11 is 3.28. The second-order valence-corrected chi connectivity index (χ2v) is 5.44. The minimum Gasteiger partial charge on any atom is -0.452 e. The van der Waals surface area contributed by atoms with Crippen LogP contribution in [0.15, 0.2) is 28.7 Å². The van der Waals surface area contributed by atoms with Crippen LogP contribution in [0.1, 0.15) is 23.2 Å². The maximum absolute atomic E-state index is 11.7. The lowest BCUT2D eigenvalue weighted by molar-refractivity contribution is -0.124. The Morgan fingerprint density at radius 3 is 2.75 bits per heavy atom. The topological polar surface area (TPSA) is 64.6 Å². The first kappa shape index (κ1) is 15.0. The molecule has 108 valence electrons. The van der Waals surface area contributed by atoms with E-state index in [9.17, 15) is 9.59 Å². The van der Waals surface area contributed by atoms with Crippen molar-refractivity contribution in [2.24, 2.45) is 0 Å². The maximum atomic E-state index is 11.7. The van der Waals surface area contributed by atoms with Crippen LogP contribution in [0.25, 0.3) is 0 Å². The van der Waals surface area contributed by atoms with Gasteiger partial charge in [-0.2, -0.15) is 0 Å². The van der Waals surface area contributed by atoms with Gasteiger partial charge in [-0.25, -0.2) is 4.79 Å². The van der Waals surface area contributed by atoms with Crippen LogP contribution in [0.3, 0.4) is 0 Å². The summed E-state index contributed by atoms with van der Waals surface area (Å²) in [6, 6.07) is 6.76. The second-order valence-electron chi connectivity index (χ2n) is 4.52. The van der Waals surface area contributed by atoms with Crippen molar-refractivity contribution in [3.63, 3.8) is 0 Å². The Hall–Kier alpha value is -1.40. The molecule has 20 heavy (non-hydrogen) atoms. The Balaban J connectivity index is 1.69. The molecular weight excluding hydrogens is 326 g/mol. The molecule has 0 radical (unpaired) electrons. The lowest BCUT2D eigenvalue weighted by Crippen LogP contribution is -2.34. The van der Waals surface area contributed by atoms with Gasteiger partial charge >= 0.3 is 5.97 Å². The number of amides is 1. The van der Waals surface area contributed by atoms with Crippen molar-refractivity contribution < 1.29 is 19.1 Å². The number of benzene rings is 1. The largest absolute Gasteiger partial charge is 0.452 e. The third-order valence-corrected chi connectivity index (χ3v) is 3.49. The zero-order chi connectivity index (χ0) is 14.4. The smallest absolute Gasteiger partial charge is 0.338 e. The zero-order valence-corrected chi connectivity index (χ0v) is 12.5. The summed E-state index contributed by atoms with van der Waals surface area (Å²) in [4.78, 5) is 23.2. The molecule has 0 bridgehead atoms. The lowest BCUT2D eigenvalue weighted by atomic mass is 10.2. The van der Waals surface area contributed by atoms with E-state index in [0.717, 1.165) is 23.9 Å². The van der Waals surface area contributed by atoms with Gasteiger partial charge in [-0.15, -0.1) is 0 Å². The predicted molar refractivity (Wildman–Crippen MR) is 76.4 cm³/mol. The Morgan fingerprint density at radius 2 is 2.10 bits per heavy atom. The highest BCUT2D eigenvalue weighted by Crippen LogP contribution is 2.11. The van der Waals surface area contributed by atoms with Crippen molar-refractivity contribution in [3.8, 4) is 0 Å². The SMILES string of the molecule is O=C(COC(=O)c1ccc(Br)cc1)NC[C@@H]1CCCO1. The number of carbonyl (C=O) groups is 2. The van der Waals surface area contributed by atoms with Crippen LogP contribution in [0.4, 0.5) is 0 Å². The molecule has 0 aromatic heterocycles. The number of rotatable bonds is 5. The van der Waals surface area contributed by atoms with Gasteiger partial charge in [0.05, 0.1) is 11.7 Å². The van der Waals surface area contributed by atoms with Crippen molar-refractivity contribution in [2.75, 3.05) is 19.8 Å². The third-order valence-electron chi connectivity index (χ3n) is 2.97. The van der Waals surface area contributed by atoms with E-state index < -0.39 is 5.97 Å². The van der Waals surface area contributed by atoms with Crippen LogP contribution in [-0.4, -0.2) is 37.7 Å². The molecule has 1 N–H and O–H groups in total. The Labute approximate surface area is 125 Å². The van der Waals surface area contributed by atoms with E-state index in [2.05, 4.69) is 21.2 Å². The van der Waals surface area contributed by atoms with E-state index in [1.54, 1.807) is 24.3 Å². The van der Waals surface area contributed by atoms with Gasteiger partial charge < -0.3 is 14.8 Å². The van der Waals surface area contributed by atoms with E-state index >= 15 is 0 Å². The molecule has 1 fully saturated rings. The molecule has 1 saturated heterocycles. The van der Waals surface area contributed by atoms with Gasteiger partial charge in [-0.05, 0) is 37.1 Å². The van der Waals surface area contributed by atoms with Gasteiger partial charge in [0.25, 0.3) is 5.91 Å². The van der Waals surface area contributed by atoms with E-state index in [4.69, 9.17) is 9.47 Å². The molecule has 6 heteroatoms. The van der Waals surface area contributed by atoms with E-state index in [0.29, 0.717) is 12.1 Å². The molecule has 1 heterocycles. The molecule has 0 saturated carbocycles. The number of hydrogen-bond donors (Lipinski definition) is 1. The average Bonchev–Trinajstić information content (AvgIpc) is 2.96. The van der Waals surface area contributed by atoms with Gasteiger partial charge in [0, 0.05) is 17.6 Å². The molecule has 0 aliphatic carbocycles. The predicted octanol–water partition coefficient (Wildman–Crippen LogP) is 1.90. The maximum Gasteiger partial charge on any atom is 0.338 e. The number of ether oxygens (including phenoxy) is 2. The first-order chi connectivity index (χ1) is 9.65. The second kappa shape index (κ2) is 7.40. The fourth-order valence-electron chi connectivity index (χ4n) is 1.88. The van der Waals surface area contributed by atoms with Crippen molar-refractivity contribution in [2.45, 2.75) is 18.9 Å². The summed E-state index contributed by atoms with van der Waals surface area (Å²) in [7, 11) is 0. The molecule has 1 aromatic rings. The third kappa shape index (κ3) is 4.61. The van der Waals surface area contributed by atoms with Crippen LogP contribution in [0, 0.1) is 0 Å². The monoisotopic (exact) mass is 341 g/mol. The van der Waals surface area contributed by atoms with Gasteiger partial charge in [0.1, 0.15) is 0 Å². The van der Waals surface area contributed by atoms with Gasteiger partial charge in [0.2, 0.25) is 0 Å². The van der Waals surface area contributed by atoms with Crippen molar-refractivity contribution in [3.05, 3.63) is 34.3 Å². The molecule has 1 amide bonds. The fourth-order valence-corrected chi connectivity index (χ4v) is 2.15. The average molecular weight is 342 g/mol. The van der Waals surface area contributed by atoms with Crippen LogP contribution >= 0.6 is 15.9 Å². The van der Waals surface area contributed by atoms with E-state index in [1.807, 2.05) is 0 Å². The van der Waals surface area contributed by atoms with E-state index in [1.165, 1.54) is 0 Å². The number of hydrogen-bond acceptors (Lipinski definition) is 4. The molecule has 0 spiro atoms. The van der Waals surface area contributed by atoms with Crippen LogP contribution in [0.2, 0.25) is 0 Å². The van der Waals surface area contributed by atoms with Crippen molar-refractivity contribution >= 4 is 27.8 Å². The molecule has 1 atom stereocenters. The summed E-state index contributed by atoms with van der Waals surface area (Å²) in [5.41, 5.74) is 0.417. The van der Waals surface area contributed by atoms with Crippen molar-refractivity contribution in [1.82, 2.24) is 5.32 Å². The van der Waals surface area contributed by atoms with Crippen molar-refractivity contribution in [1.29, 1.82) is 0 Å². The summed E-state index contributed by atoms with van der Waals surface area (Å²) in [5.74, 6) is -0.823. The Bertz CT molecular complexity index is 469. The summed E-state index contributed by atoms with van der Waals surface area (Å²) in [6.07, 6.45) is 2.07. The molecule has 1 aromatic carbocycles. The van der Waals surface area contributed by atoms with Crippen LogP contribution in [-0.2, 0) is 14.3 Å². The molecule has 5 nitrogen and oxygen atoms in total. The number of carbonyl (C=O) groups excluding carboxylic acids is 2. The molecule has 1 aliphatic rings. The quantitative estimate of drug-likeness (QED) is 0.831. The lowest BCUT2D eigenvalue weighted by Gasteiger charge is -2.10. The van der Waals surface area contributed by atoms with Crippen LogP contribution in [0.5, 0.6) is 0 Å². The fraction of sp³-hybridized carbons (Fsp3) is 0.429. The summed E-state index contributed by atoms with van der Waals surface area (Å²) < 4.78 is 11.2. The first-order valence-electron chi connectivity index (χ1n) is 6.46. The number of esters is 1. The molecule has 2 rings (SSSR count). The molecule has 1 aliphatic heterocycles. The van der Waals surface area contributed by atoms with Gasteiger partial charge in [-0.1, -0.05) is 15.9 Å². The minimum absolute atomic E-state index is 0.0844. The molecule has 0 unspecified atom stereocenters. The highest BCUT2D eigenvalue weighted by Gasteiger charge is 2.16. The van der Waals surface area contributed by atoms with E-state index in [-0.39, 0.29) is 18.6 Å². The zero-order valence-electron chi connectivity index (χ0n) is 10.9. The molecular formula is C14H16BrNO4. The first-order valence-corrected chi connectivity index (χ1v) is 7.25. The summed E-state index contributed by atoms with van der Waals surface area (Å²) in [5, 5.41) is 2.69. The highest BCUT2D eigenvalue weighted by molar-refractivity contribution is 9.10. The Morgan fingerprint density at radius 1 is 1.35 bits per heavy atom. The summed E-state index contributed by atoms with van der Waals surface area (Å²) in [6.45, 7) is 0.940. The number of nitrogens with one attached hydrogen (secondary N) is 1. The normalized spacial score (nSPS) is 17.8. The highest BCUT2D eigenvalue weighted by atomic mass is 79.9. The van der Waals surface area contributed by atoms with Gasteiger partial charge in [-0.3, -0.25) is 4.79 Å². The standard InChI is InChI=1S/C14H16BrNO4/c15-11-5-3-10(4-6-11)14(18)20-9-13(17)16-8-12-2-1-7-19-12/h3-6,12H,1-2,7-9H2,(H,16,17)/t12-/m0/s1. The minimum atomic E-state index is -0.509. The van der Waals surface area contributed by atoms with Gasteiger partial charge in [0.15, 0.2) is 6.61 Å². The Kier molecular flexibility index (Phi) is 5.55.